The molecule has 5 nitrogen and oxygen atoms in total. The lowest BCUT2D eigenvalue weighted by Gasteiger charge is -2.09. The Morgan fingerprint density at radius 1 is 1.52 bits per heavy atom. The van der Waals surface area contributed by atoms with Gasteiger partial charge in [0.05, 0.1) is 0 Å². The molecule has 1 unspecified atom stereocenters. The van der Waals surface area contributed by atoms with Gasteiger partial charge in [-0.05, 0) is 46.6 Å². The molecule has 0 fully saturated rings. The van der Waals surface area contributed by atoms with E-state index in [1.807, 2.05) is 19.1 Å². The second-order valence-corrected chi connectivity index (χ2v) is 7.41. The molecule has 110 valence electrons. The van der Waals surface area contributed by atoms with Gasteiger partial charge in [0.2, 0.25) is 5.91 Å². The number of hydrogen-bond acceptors (Lipinski definition) is 6. The smallest absolute Gasteiger partial charge is 0.246 e. The highest BCUT2D eigenvalue weighted by atomic mass is 79.9. The van der Waals surface area contributed by atoms with Crippen LogP contribution in [-0.4, -0.2) is 22.3 Å². The van der Waals surface area contributed by atoms with Gasteiger partial charge in [0.1, 0.15) is 11.9 Å². The van der Waals surface area contributed by atoms with Crippen LogP contribution in [0.1, 0.15) is 24.4 Å². The van der Waals surface area contributed by atoms with Gasteiger partial charge >= 0.3 is 0 Å². The van der Waals surface area contributed by atoms with Crippen molar-refractivity contribution in [2.75, 3.05) is 12.4 Å². The first-order valence-electron chi connectivity index (χ1n) is 6.44. The number of rotatable bonds is 4. The monoisotopic (exact) mass is 384 g/mol. The predicted octanol–water partition coefficient (Wildman–Crippen LogP) is 3.23. The zero-order valence-corrected chi connectivity index (χ0v) is 14.7. The maximum Gasteiger partial charge on any atom is 0.246 e. The molecule has 2 heterocycles. The zero-order valence-electron chi connectivity index (χ0n) is 11.4. The summed E-state index contributed by atoms with van der Waals surface area (Å²) in [6, 6.07) is 3.67. The van der Waals surface area contributed by atoms with E-state index in [9.17, 15) is 4.79 Å². The van der Waals surface area contributed by atoms with Crippen molar-refractivity contribution in [1.29, 1.82) is 0 Å². The number of likely N-dealkylation sites (N-methyl/N-ethyl adjacent to an activating group) is 1. The SMILES string of the molecule is CCc1nsc(Sc2cc3c(cc2Br)C(NC)C(=O)N3)n1. The van der Waals surface area contributed by atoms with Crippen LogP contribution in [0.5, 0.6) is 0 Å². The number of aryl methyl sites for hydroxylation is 1. The molecule has 1 aliphatic heterocycles. The molecule has 3 rings (SSSR count). The molecule has 1 aromatic heterocycles. The Hall–Kier alpha value is -0.960. The van der Waals surface area contributed by atoms with Gasteiger partial charge in [-0.25, -0.2) is 4.98 Å². The Balaban J connectivity index is 1.91. The van der Waals surface area contributed by atoms with Gasteiger partial charge in [0.15, 0.2) is 4.34 Å². The van der Waals surface area contributed by atoms with Gasteiger partial charge in [-0.15, -0.1) is 0 Å². The fraction of sp³-hybridized carbons (Fsp3) is 0.308. The van der Waals surface area contributed by atoms with Crippen LogP contribution in [0.4, 0.5) is 5.69 Å². The number of hydrogen-bond donors (Lipinski definition) is 2. The van der Waals surface area contributed by atoms with E-state index in [2.05, 4.69) is 35.9 Å². The molecule has 1 amide bonds. The summed E-state index contributed by atoms with van der Waals surface area (Å²) < 4.78 is 6.14. The molecule has 0 saturated carbocycles. The van der Waals surface area contributed by atoms with Crippen LogP contribution in [-0.2, 0) is 11.2 Å². The molecule has 1 atom stereocenters. The Morgan fingerprint density at radius 3 is 3.00 bits per heavy atom. The van der Waals surface area contributed by atoms with Gasteiger partial charge in [0, 0.05) is 27.0 Å². The summed E-state index contributed by atoms with van der Waals surface area (Å²) in [5, 5.41) is 5.92. The molecule has 0 aliphatic carbocycles. The molecule has 1 aromatic carbocycles. The fourth-order valence-corrected chi connectivity index (χ4v) is 4.45. The summed E-state index contributed by atoms with van der Waals surface area (Å²) in [5.41, 5.74) is 1.82. The third-order valence-electron chi connectivity index (χ3n) is 3.19. The molecule has 8 heteroatoms. The van der Waals surface area contributed by atoms with E-state index in [1.165, 1.54) is 11.5 Å². The largest absolute Gasteiger partial charge is 0.324 e. The van der Waals surface area contributed by atoms with Gasteiger partial charge in [-0.2, -0.15) is 4.37 Å². The minimum absolute atomic E-state index is 0.0225. The summed E-state index contributed by atoms with van der Waals surface area (Å²) in [7, 11) is 1.78. The average Bonchev–Trinajstić information content (AvgIpc) is 3.03. The highest BCUT2D eigenvalue weighted by molar-refractivity contribution is 9.10. The van der Waals surface area contributed by atoms with Crippen LogP contribution in [0.25, 0.3) is 0 Å². The minimum atomic E-state index is -0.288. The van der Waals surface area contributed by atoms with Crippen LogP contribution in [0.3, 0.4) is 0 Å². The van der Waals surface area contributed by atoms with Crippen molar-refractivity contribution in [2.24, 2.45) is 0 Å². The Bertz CT molecular complexity index is 703. The van der Waals surface area contributed by atoms with E-state index in [-0.39, 0.29) is 11.9 Å². The fourth-order valence-electron chi connectivity index (χ4n) is 2.14. The predicted molar refractivity (Wildman–Crippen MR) is 88.0 cm³/mol. The van der Waals surface area contributed by atoms with E-state index < -0.39 is 0 Å². The number of halogens is 1. The summed E-state index contributed by atoms with van der Waals surface area (Å²) in [4.78, 5) is 17.3. The molecule has 21 heavy (non-hydrogen) atoms. The van der Waals surface area contributed by atoms with Gasteiger partial charge < -0.3 is 10.6 Å². The number of benzene rings is 1. The summed E-state index contributed by atoms with van der Waals surface area (Å²) in [6.07, 6.45) is 0.836. The number of carbonyl (C=O) groups excluding carboxylic acids is 1. The van der Waals surface area contributed by atoms with Crippen LogP contribution in [0, 0.1) is 0 Å². The van der Waals surface area contributed by atoms with Crippen LogP contribution >= 0.6 is 39.2 Å². The molecule has 0 saturated heterocycles. The number of amides is 1. The van der Waals surface area contributed by atoms with Crippen molar-refractivity contribution in [2.45, 2.75) is 28.6 Å². The second kappa shape index (κ2) is 6.04. The van der Waals surface area contributed by atoms with Crippen molar-refractivity contribution in [3.8, 4) is 0 Å². The van der Waals surface area contributed by atoms with E-state index >= 15 is 0 Å². The summed E-state index contributed by atoms with van der Waals surface area (Å²) in [5.74, 6) is 0.842. The number of nitrogens with one attached hydrogen (secondary N) is 2. The van der Waals surface area contributed by atoms with Crippen molar-refractivity contribution in [1.82, 2.24) is 14.7 Å². The summed E-state index contributed by atoms with van der Waals surface area (Å²) in [6.45, 7) is 2.04. The number of anilines is 1. The third-order valence-corrected chi connectivity index (χ3v) is 5.95. The lowest BCUT2D eigenvalue weighted by atomic mass is 10.1. The first-order chi connectivity index (χ1) is 10.1. The first kappa shape index (κ1) is 15.0. The zero-order chi connectivity index (χ0) is 15.0. The van der Waals surface area contributed by atoms with Crippen LogP contribution < -0.4 is 10.6 Å². The van der Waals surface area contributed by atoms with Crippen molar-refractivity contribution in [3.05, 3.63) is 28.0 Å². The van der Waals surface area contributed by atoms with Crippen molar-refractivity contribution >= 4 is 50.8 Å². The number of fused-ring (bicyclic) bond motifs is 1. The molecule has 0 spiro atoms. The average molecular weight is 385 g/mol. The highest BCUT2D eigenvalue weighted by Crippen LogP contribution is 2.41. The number of carbonyl (C=O) groups is 1. The highest BCUT2D eigenvalue weighted by Gasteiger charge is 2.30. The lowest BCUT2D eigenvalue weighted by molar-refractivity contribution is -0.117. The Labute approximate surface area is 139 Å². The van der Waals surface area contributed by atoms with E-state index in [0.29, 0.717) is 0 Å². The number of aromatic nitrogens is 2. The second-order valence-electron chi connectivity index (χ2n) is 4.51. The van der Waals surface area contributed by atoms with E-state index in [1.54, 1.807) is 18.8 Å². The summed E-state index contributed by atoms with van der Waals surface area (Å²) >= 11 is 6.53. The van der Waals surface area contributed by atoms with Crippen LogP contribution in [0.2, 0.25) is 0 Å². The molecule has 2 N–H and O–H groups in total. The quantitative estimate of drug-likeness (QED) is 0.846. The van der Waals surface area contributed by atoms with Gasteiger partial charge in [-0.1, -0.05) is 18.7 Å². The Kier molecular flexibility index (Phi) is 4.30. The van der Waals surface area contributed by atoms with E-state index in [4.69, 9.17) is 0 Å². The van der Waals surface area contributed by atoms with Gasteiger partial charge in [0.25, 0.3) is 0 Å². The van der Waals surface area contributed by atoms with Gasteiger partial charge in [-0.3, -0.25) is 4.79 Å². The molecule has 2 aromatic rings. The maximum atomic E-state index is 11.9. The molecule has 0 radical (unpaired) electrons. The third kappa shape index (κ3) is 2.85. The van der Waals surface area contributed by atoms with E-state index in [0.717, 1.165) is 37.2 Å². The maximum absolute atomic E-state index is 11.9. The normalized spacial score (nSPS) is 16.9. The minimum Gasteiger partial charge on any atom is -0.324 e. The first-order valence-corrected chi connectivity index (χ1v) is 8.82. The number of nitrogens with zero attached hydrogens (tertiary/aromatic N) is 2. The standard InChI is InChI=1S/C13H13BrN4OS2/c1-3-10-17-13(21-18-10)20-9-5-8-6(4-7(9)14)11(15-2)12(19)16-8/h4-5,11,15H,3H2,1-2H3,(H,16,19). The van der Waals surface area contributed by atoms with Crippen molar-refractivity contribution in [3.63, 3.8) is 0 Å². The van der Waals surface area contributed by atoms with Crippen LogP contribution in [0.15, 0.2) is 25.8 Å². The molecule has 1 aliphatic rings. The molecule has 0 bridgehead atoms. The Morgan fingerprint density at radius 2 is 2.33 bits per heavy atom. The lowest BCUT2D eigenvalue weighted by Crippen LogP contribution is -2.23. The van der Waals surface area contributed by atoms with Crippen molar-refractivity contribution < 1.29 is 4.79 Å². The topological polar surface area (TPSA) is 66.9 Å². The molecular weight excluding hydrogens is 372 g/mol. The molecular formula is C13H13BrN4OS2.